The summed E-state index contributed by atoms with van der Waals surface area (Å²) in [4.78, 5) is 29.7. The maximum atomic E-state index is 12.5. The van der Waals surface area contributed by atoms with Gasteiger partial charge < -0.3 is 5.11 Å². The number of benzene rings is 1. The highest BCUT2D eigenvalue weighted by molar-refractivity contribution is 5.83. The SMILES string of the molecule is Cc1cccc(-n2c([O-])c(/C=N/c3nn[nH]n3)c(=O)[nH]c2=O)c1. The monoisotopic (exact) mass is 312 g/mol. The third-order valence-corrected chi connectivity index (χ3v) is 3.00. The molecule has 1 aromatic carbocycles. The Morgan fingerprint density at radius 1 is 1.35 bits per heavy atom. The minimum atomic E-state index is -0.837. The van der Waals surface area contributed by atoms with Gasteiger partial charge in [-0.2, -0.15) is 5.21 Å². The molecule has 3 rings (SSSR count). The number of hydrogen-bond acceptors (Lipinski definition) is 7. The number of aromatic amines is 2. The van der Waals surface area contributed by atoms with Crippen LogP contribution in [0.1, 0.15) is 11.1 Å². The van der Waals surface area contributed by atoms with Gasteiger partial charge in [0.25, 0.3) is 11.5 Å². The second-order valence-corrected chi connectivity index (χ2v) is 4.62. The van der Waals surface area contributed by atoms with E-state index < -0.39 is 17.1 Å². The van der Waals surface area contributed by atoms with E-state index in [4.69, 9.17) is 0 Å². The standard InChI is InChI=1S/C13H11N7O3/c1-7-3-2-4-8(5-7)20-11(22)9(10(21)15-13(20)23)6-14-12-16-18-19-17-12/h2-6,22H,1H3,(H,15,21,23)(H,16,17,18,19)/p-1/b14-6+. The molecule has 10 nitrogen and oxygen atoms in total. The van der Waals surface area contributed by atoms with E-state index in [1.165, 1.54) is 0 Å². The third-order valence-electron chi connectivity index (χ3n) is 3.00. The molecule has 0 fully saturated rings. The van der Waals surface area contributed by atoms with E-state index >= 15 is 0 Å². The van der Waals surface area contributed by atoms with Gasteiger partial charge >= 0.3 is 5.69 Å². The van der Waals surface area contributed by atoms with Gasteiger partial charge in [0.1, 0.15) is 0 Å². The van der Waals surface area contributed by atoms with E-state index in [2.05, 4.69) is 30.6 Å². The molecule has 0 aliphatic carbocycles. The van der Waals surface area contributed by atoms with Crippen LogP contribution in [0, 0.1) is 6.92 Å². The van der Waals surface area contributed by atoms with Crippen LogP contribution in [-0.4, -0.2) is 36.4 Å². The van der Waals surface area contributed by atoms with E-state index in [1.54, 1.807) is 18.2 Å². The van der Waals surface area contributed by atoms with Gasteiger partial charge in [-0.3, -0.25) is 14.3 Å². The zero-order valence-electron chi connectivity index (χ0n) is 11.8. The van der Waals surface area contributed by atoms with E-state index in [0.717, 1.165) is 16.3 Å². The molecular weight excluding hydrogens is 302 g/mol. The summed E-state index contributed by atoms with van der Waals surface area (Å²) in [5.74, 6) is -0.825. The number of hydrogen-bond donors (Lipinski definition) is 2. The minimum absolute atomic E-state index is 0.0443. The molecule has 0 saturated carbocycles. The van der Waals surface area contributed by atoms with Crippen LogP contribution in [0.15, 0.2) is 38.8 Å². The first-order chi connectivity index (χ1) is 11.1. The molecule has 116 valence electrons. The first kappa shape index (κ1) is 14.4. The van der Waals surface area contributed by atoms with Gasteiger partial charge in [-0.05, 0) is 35.7 Å². The summed E-state index contributed by atoms with van der Waals surface area (Å²) in [5.41, 5.74) is -0.748. The van der Waals surface area contributed by atoms with Crippen molar-refractivity contribution in [2.45, 2.75) is 6.92 Å². The lowest BCUT2D eigenvalue weighted by Gasteiger charge is -2.18. The fourth-order valence-corrected chi connectivity index (χ4v) is 1.98. The Hall–Kier alpha value is -3.56. The van der Waals surface area contributed by atoms with E-state index in [1.807, 2.05) is 13.0 Å². The zero-order chi connectivity index (χ0) is 16.4. The van der Waals surface area contributed by atoms with Crippen molar-refractivity contribution in [1.29, 1.82) is 0 Å². The van der Waals surface area contributed by atoms with Gasteiger partial charge in [-0.15, -0.1) is 5.10 Å². The van der Waals surface area contributed by atoms with Crippen LogP contribution < -0.4 is 16.4 Å². The summed E-state index contributed by atoms with van der Waals surface area (Å²) in [7, 11) is 0. The maximum Gasteiger partial charge on any atom is 0.332 e. The van der Waals surface area contributed by atoms with Gasteiger partial charge in [0.15, 0.2) is 0 Å². The summed E-state index contributed by atoms with van der Waals surface area (Å²) in [6, 6.07) is 6.77. The van der Waals surface area contributed by atoms with E-state index in [0.29, 0.717) is 5.69 Å². The normalized spacial score (nSPS) is 11.2. The Bertz CT molecular complexity index is 986. The van der Waals surface area contributed by atoms with Gasteiger partial charge in [0.2, 0.25) is 0 Å². The number of aromatic nitrogens is 6. The predicted octanol–water partition coefficient (Wildman–Crippen LogP) is -0.828. The Morgan fingerprint density at radius 2 is 2.17 bits per heavy atom. The highest BCUT2D eigenvalue weighted by Gasteiger charge is 2.08. The molecule has 0 aliphatic heterocycles. The van der Waals surface area contributed by atoms with E-state index in [-0.39, 0.29) is 11.5 Å². The topological polar surface area (TPSA) is 145 Å². The van der Waals surface area contributed by atoms with Gasteiger partial charge in [0.05, 0.1) is 5.56 Å². The van der Waals surface area contributed by atoms with Gasteiger partial charge in [0, 0.05) is 11.9 Å². The molecule has 10 heteroatoms. The molecule has 0 amide bonds. The molecule has 0 radical (unpaired) electrons. The molecule has 2 heterocycles. The smallest absolute Gasteiger partial charge is 0.332 e. The Kier molecular flexibility index (Phi) is 3.55. The van der Waals surface area contributed by atoms with Crippen LogP contribution in [0.4, 0.5) is 5.95 Å². The fourth-order valence-electron chi connectivity index (χ4n) is 1.98. The van der Waals surface area contributed by atoms with Crippen molar-refractivity contribution >= 4 is 12.2 Å². The van der Waals surface area contributed by atoms with Crippen molar-refractivity contribution in [3.05, 3.63) is 56.2 Å². The lowest BCUT2D eigenvalue weighted by atomic mass is 10.2. The molecule has 0 spiro atoms. The van der Waals surface area contributed by atoms with Crippen LogP contribution in [0.3, 0.4) is 0 Å². The lowest BCUT2D eigenvalue weighted by Crippen LogP contribution is -2.34. The summed E-state index contributed by atoms with van der Waals surface area (Å²) in [6.07, 6.45) is 0.998. The third kappa shape index (κ3) is 2.77. The average Bonchev–Trinajstić information content (AvgIpc) is 3.00. The number of aryl methyl sites for hydroxylation is 1. The van der Waals surface area contributed by atoms with Crippen LogP contribution in [-0.2, 0) is 0 Å². The van der Waals surface area contributed by atoms with Gasteiger partial charge in [-0.25, -0.2) is 9.79 Å². The maximum absolute atomic E-state index is 12.5. The summed E-state index contributed by atoms with van der Waals surface area (Å²) in [5, 5.41) is 25.1. The predicted molar refractivity (Wildman–Crippen MR) is 78.3 cm³/mol. The largest absolute Gasteiger partial charge is 0.859 e. The number of rotatable bonds is 3. The van der Waals surface area contributed by atoms with Crippen molar-refractivity contribution in [1.82, 2.24) is 30.2 Å². The van der Waals surface area contributed by atoms with Crippen LogP contribution >= 0.6 is 0 Å². The van der Waals surface area contributed by atoms with E-state index in [9.17, 15) is 14.7 Å². The number of H-pyrrole nitrogens is 2. The van der Waals surface area contributed by atoms with Crippen LogP contribution in [0.2, 0.25) is 0 Å². The molecule has 0 saturated heterocycles. The van der Waals surface area contributed by atoms with Crippen molar-refractivity contribution in [3.8, 4) is 11.6 Å². The van der Waals surface area contributed by atoms with Crippen molar-refractivity contribution in [3.63, 3.8) is 0 Å². The summed E-state index contributed by atoms with van der Waals surface area (Å²) >= 11 is 0. The second-order valence-electron chi connectivity index (χ2n) is 4.62. The fraction of sp³-hybridized carbons (Fsp3) is 0.0769. The first-order valence-corrected chi connectivity index (χ1v) is 6.47. The lowest BCUT2D eigenvalue weighted by molar-refractivity contribution is -0.278. The molecule has 0 bridgehead atoms. The first-order valence-electron chi connectivity index (χ1n) is 6.47. The quantitative estimate of drug-likeness (QED) is 0.604. The zero-order valence-corrected chi connectivity index (χ0v) is 11.8. The minimum Gasteiger partial charge on any atom is -0.859 e. The average molecular weight is 312 g/mol. The molecule has 23 heavy (non-hydrogen) atoms. The Morgan fingerprint density at radius 3 is 2.87 bits per heavy atom. The number of nitrogens with zero attached hydrogens (tertiary/aromatic N) is 5. The van der Waals surface area contributed by atoms with Crippen molar-refractivity contribution in [2.24, 2.45) is 4.99 Å². The molecule has 2 aromatic heterocycles. The van der Waals surface area contributed by atoms with Crippen molar-refractivity contribution < 1.29 is 5.11 Å². The Labute approximate surface area is 128 Å². The van der Waals surface area contributed by atoms with Crippen LogP contribution in [0.5, 0.6) is 5.88 Å². The Balaban J connectivity index is 2.17. The molecule has 0 aliphatic rings. The van der Waals surface area contributed by atoms with Crippen LogP contribution in [0.25, 0.3) is 5.69 Å². The molecular formula is C13H10N7O3-. The highest BCUT2D eigenvalue weighted by atomic mass is 16.3. The molecule has 3 aromatic rings. The number of nitrogens with one attached hydrogen (secondary N) is 2. The number of tetrazole rings is 1. The highest BCUT2D eigenvalue weighted by Crippen LogP contribution is 2.14. The number of aliphatic imine (C=N–C) groups is 1. The van der Waals surface area contributed by atoms with Crippen molar-refractivity contribution in [2.75, 3.05) is 0 Å². The summed E-state index contributed by atoms with van der Waals surface area (Å²) in [6.45, 7) is 1.82. The van der Waals surface area contributed by atoms with Gasteiger partial charge in [-0.1, -0.05) is 17.2 Å². The molecule has 2 N–H and O–H groups in total. The second kappa shape index (κ2) is 5.67. The molecule has 0 atom stereocenters. The summed E-state index contributed by atoms with van der Waals surface area (Å²) < 4.78 is 0.867. The molecule has 0 unspecified atom stereocenters.